The van der Waals surface area contributed by atoms with Gasteiger partial charge >= 0.3 is 5.97 Å². The van der Waals surface area contributed by atoms with Crippen molar-refractivity contribution in [2.45, 2.75) is 33.7 Å². The van der Waals surface area contributed by atoms with Crippen molar-refractivity contribution in [3.05, 3.63) is 0 Å². The van der Waals surface area contributed by atoms with Crippen LogP contribution in [0.15, 0.2) is 0 Å². The summed E-state index contributed by atoms with van der Waals surface area (Å²) in [6, 6.07) is 0.0222. The predicted molar refractivity (Wildman–Crippen MR) is 59.5 cm³/mol. The summed E-state index contributed by atoms with van der Waals surface area (Å²) in [5.74, 6) is 0.0962. The molecular weight excluding hydrogens is 194 g/mol. The van der Waals surface area contributed by atoms with Crippen LogP contribution >= 0.6 is 0 Å². The van der Waals surface area contributed by atoms with E-state index in [1.807, 2.05) is 27.7 Å². The molecule has 0 aromatic rings. The molecule has 0 bridgehead atoms. The molecule has 1 atom stereocenters. The van der Waals surface area contributed by atoms with Gasteiger partial charge < -0.3 is 15.2 Å². The van der Waals surface area contributed by atoms with Gasteiger partial charge in [-0.25, -0.2) is 0 Å². The van der Waals surface area contributed by atoms with Crippen LogP contribution in [0.3, 0.4) is 0 Å². The lowest BCUT2D eigenvalue weighted by molar-refractivity contribution is -0.150. The number of carbonyl (C=O) groups is 1. The maximum Gasteiger partial charge on any atom is 0.312 e. The van der Waals surface area contributed by atoms with Gasteiger partial charge in [-0.15, -0.1) is 0 Å². The largest absolute Gasteiger partial charge is 0.469 e. The number of rotatable bonds is 6. The highest BCUT2D eigenvalue weighted by molar-refractivity contribution is 5.76. The number of methoxy groups -OCH3 is 1. The van der Waals surface area contributed by atoms with Crippen LogP contribution in [0.25, 0.3) is 0 Å². The van der Waals surface area contributed by atoms with Crippen LogP contribution < -0.4 is 5.32 Å². The Hall–Kier alpha value is -0.610. The fourth-order valence-electron chi connectivity index (χ4n) is 1.25. The van der Waals surface area contributed by atoms with Crippen LogP contribution in [0, 0.1) is 11.3 Å². The Labute approximate surface area is 92.0 Å². The number of nitrogens with one attached hydrogen (secondary N) is 1. The Balaban J connectivity index is 4.18. The highest BCUT2D eigenvalue weighted by Crippen LogP contribution is 2.16. The van der Waals surface area contributed by atoms with Crippen molar-refractivity contribution in [3.8, 4) is 0 Å². The zero-order valence-corrected chi connectivity index (χ0v) is 10.3. The minimum absolute atomic E-state index is 0.0222. The molecule has 0 spiro atoms. The first-order chi connectivity index (χ1) is 6.85. The van der Waals surface area contributed by atoms with Crippen molar-refractivity contribution in [1.29, 1.82) is 0 Å². The number of esters is 1. The molecule has 2 N–H and O–H groups in total. The van der Waals surface area contributed by atoms with Crippen LogP contribution in [0.2, 0.25) is 0 Å². The van der Waals surface area contributed by atoms with Gasteiger partial charge in [0.2, 0.25) is 0 Å². The topological polar surface area (TPSA) is 58.6 Å². The highest BCUT2D eigenvalue weighted by atomic mass is 16.5. The van der Waals surface area contributed by atoms with E-state index in [9.17, 15) is 4.79 Å². The second-order valence-electron chi connectivity index (χ2n) is 4.79. The van der Waals surface area contributed by atoms with Gasteiger partial charge in [0.05, 0.1) is 19.1 Å². The van der Waals surface area contributed by atoms with Gasteiger partial charge in [-0.05, 0) is 19.8 Å². The second-order valence-corrected chi connectivity index (χ2v) is 4.79. The van der Waals surface area contributed by atoms with E-state index in [0.29, 0.717) is 12.5 Å². The summed E-state index contributed by atoms with van der Waals surface area (Å²) < 4.78 is 4.70. The third-order valence-electron chi connectivity index (χ3n) is 2.55. The first-order valence-electron chi connectivity index (χ1n) is 5.27. The molecule has 4 nitrogen and oxygen atoms in total. The Morgan fingerprint density at radius 3 is 2.33 bits per heavy atom. The summed E-state index contributed by atoms with van der Waals surface area (Å²) in [6.07, 6.45) is 0. The maximum absolute atomic E-state index is 11.4. The zero-order valence-electron chi connectivity index (χ0n) is 10.3. The fraction of sp³-hybridized carbons (Fsp3) is 0.909. The van der Waals surface area contributed by atoms with Gasteiger partial charge in [-0.2, -0.15) is 0 Å². The molecule has 0 aliphatic carbocycles. The van der Waals surface area contributed by atoms with Crippen LogP contribution in [-0.2, 0) is 9.53 Å². The summed E-state index contributed by atoms with van der Waals surface area (Å²) in [5.41, 5.74) is -0.558. The van der Waals surface area contributed by atoms with Crippen LogP contribution in [0.4, 0.5) is 0 Å². The normalized spacial score (nSPS) is 14.1. The number of ether oxygens (including phenoxy) is 1. The molecule has 0 heterocycles. The summed E-state index contributed by atoms with van der Waals surface area (Å²) >= 11 is 0. The van der Waals surface area contributed by atoms with E-state index in [1.165, 1.54) is 7.11 Å². The number of hydrogen-bond donors (Lipinski definition) is 2. The highest BCUT2D eigenvalue weighted by Gasteiger charge is 2.29. The molecule has 15 heavy (non-hydrogen) atoms. The molecule has 0 saturated carbocycles. The van der Waals surface area contributed by atoms with Gasteiger partial charge in [0.1, 0.15) is 0 Å². The van der Waals surface area contributed by atoms with Crippen LogP contribution in [-0.4, -0.2) is 37.4 Å². The molecule has 4 heteroatoms. The molecule has 0 amide bonds. The van der Waals surface area contributed by atoms with E-state index in [0.717, 1.165) is 0 Å². The quantitative estimate of drug-likeness (QED) is 0.646. The van der Waals surface area contributed by atoms with Crippen molar-refractivity contribution in [1.82, 2.24) is 5.32 Å². The second kappa shape index (κ2) is 6.08. The molecular formula is C11H23NO3. The fourth-order valence-corrected chi connectivity index (χ4v) is 1.25. The van der Waals surface area contributed by atoms with Crippen molar-refractivity contribution in [2.24, 2.45) is 11.3 Å². The first-order valence-corrected chi connectivity index (χ1v) is 5.27. The molecule has 90 valence electrons. The van der Waals surface area contributed by atoms with Gasteiger partial charge in [-0.1, -0.05) is 13.8 Å². The number of aliphatic hydroxyl groups is 1. The average molecular weight is 217 g/mol. The van der Waals surface area contributed by atoms with Crippen molar-refractivity contribution in [3.63, 3.8) is 0 Å². The maximum atomic E-state index is 11.4. The molecule has 0 aromatic heterocycles. The lowest BCUT2D eigenvalue weighted by Crippen LogP contribution is -2.45. The van der Waals surface area contributed by atoms with Crippen LogP contribution in [0.1, 0.15) is 27.7 Å². The van der Waals surface area contributed by atoms with E-state index in [-0.39, 0.29) is 18.6 Å². The Kier molecular flexibility index (Phi) is 5.83. The van der Waals surface area contributed by atoms with E-state index >= 15 is 0 Å². The lowest BCUT2D eigenvalue weighted by Gasteiger charge is -2.27. The van der Waals surface area contributed by atoms with Crippen molar-refractivity contribution >= 4 is 5.97 Å². The molecule has 0 aliphatic heterocycles. The van der Waals surface area contributed by atoms with E-state index in [1.54, 1.807) is 0 Å². The third-order valence-corrected chi connectivity index (χ3v) is 2.55. The summed E-state index contributed by atoms with van der Waals surface area (Å²) in [6.45, 7) is 8.28. The van der Waals surface area contributed by atoms with Gasteiger partial charge in [0.15, 0.2) is 0 Å². The standard InChI is InChI=1S/C11H23NO3/c1-8(2)9(6-13)12-7-11(3,4)10(14)15-5/h8-9,12-13H,6-7H2,1-5H3. The Morgan fingerprint density at radius 1 is 1.47 bits per heavy atom. The van der Waals surface area contributed by atoms with Crippen molar-refractivity contribution < 1.29 is 14.6 Å². The minimum Gasteiger partial charge on any atom is -0.469 e. The Morgan fingerprint density at radius 2 is 2.00 bits per heavy atom. The molecule has 0 aromatic carbocycles. The molecule has 0 aliphatic rings. The molecule has 0 radical (unpaired) electrons. The van der Waals surface area contributed by atoms with E-state index < -0.39 is 5.41 Å². The van der Waals surface area contributed by atoms with Gasteiger partial charge in [-0.3, -0.25) is 4.79 Å². The first kappa shape index (κ1) is 14.4. The number of carbonyl (C=O) groups excluding carboxylic acids is 1. The van der Waals surface area contributed by atoms with Gasteiger partial charge in [0.25, 0.3) is 0 Å². The third kappa shape index (κ3) is 4.62. The summed E-state index contributed by atoms with van der Waals surface area (Å²) in [7, 11) is 1.38. The smallest absolute Gasteiger partial charge is 0.312 e. The number of aliphatic hydroxyl groups excluding tert-OH is 1. The van der Waals surface area contributed by atoms with Crippen LogP contribution in [0.5, 0.6) is 0 Å². The van der Waals surface area contributed by atoms with Crippen molar-refractivity contribution in [2.75, 3.05) is 20.3 Å². The molecule has 0 rings (SSSR count). The summed E-state index contributed by atoms with van der Waals surface area (Å²) in [5, 5.41) is 12.3. The SMILES string of the molecule is COC(=O)C(C)(C)CNC(CO)C(C)C. The monoisotopic (exact) mass is 217 g/mol. The lowest BCUT2D eigenvalue weighted by atomic mass is 9.92. The molecule has 0 saturated heterocycles. The summed E-state index contributed by atoms with van der Waals surface area (Å²) in [4.78, 5) is 11.4. The predicted octanol–water partition coefficient (Wildman–Crippen LogP) is 0.792. The van der Waals surface area contributed by atoms with E-state index in [2.05, 4.69) is 5.32 Å². The minimum atomic E-state index is -0.558. The van der Waals surface area contributed by atoms with Gasteiger partial charge in [0, 0.05) is 12.6 Å². The Bertz CT molecular complexity index is 202. The average Bonchev–Trinajstić information content (AvgIpc) is 2.16. The number of hydrogen-bond acceptors (Lipinski definition) is 4. The molecule has 0 fully saturated rings. The zero-order chi connectivity index (χ0) is 12.1. The molecule has 1 unspecified atom stereocenters. The van der Waals surface area contributed by atoms with E-state index in [4.69, 9.17) is 9.84 Å².